The minimum absolute atomic E-state index is 0.0709. The molecule has 0 heterocycles. The topological polar surface area (TPSA) is 62.1 Å². The van der Waals surface area contributed by atoms with Gasteiger partial charge in [0.25, 0.3) is 5.91 Å². The predicted molar refractivity (Wildman–Crippen MR) is 73.7 cm³/mol. The second-order valence-electron chi connectivity index (χ2n) is 5.19. The first kappa shape index (κ1) is 15.0. The van der Waals surface area contributed by atoms with Gasteiger partial charge >= 0.3 is 0 Å². The molecule has 1 rings (SSSR count). The molecule has 0 unspecified atom stereocenters. The van der Waals surface area contributed by atoms with Crippen molar-refractivity contribution in [2.45, 2.75) is 27.2 Å². The van der Waals surface area contributed by atoms with Crippen molar-refractivity contribution >= 4 is 5.91 Å². The Morgan fingerprint density at radius 2 is 2.11 bits per heavy atom. The van der Waals surface area contributed by atoms with Gasteiger partial charge in [0.05, 0.1) is 5.56 Å². The summed E-state index contributed by atoms with van der Waals surface area (Å²) in [4.78, 5) is 11.7. The van der Waals surface area contributed by atoms with Gasteiger partial charge in [0.2, 0.25) is 0 Å². The number of hydrogen-bond donors (Lipinski definition) is 1. The molecule has 0 atom stereocenters. The van der Waals surface area contributed by atoms with Crippen molar-refractivity contribution in [2.24, 2.45) is 5.41 Å². The fourth-order valence-corrected chi connectivity index (χ4v) is 1.34. The van der Waals surface area contributed by atoms with Gasteiger partial charge < -0.3 is 10.1 Å². The van der Waals surface area contributed by atoms with Crippen LogP contribution in [0.25, 0.3) is 0 Å². The zero-order valence-corrected chi connectivity index (χ0v) is 11.7. The fraction of sp³-hybridized carbons (Fsp3) is 0.467. The van der Waals surface area contributed by atoms with E-state index in [0.29, 0.717) is 17.9 Å². The van der Waals surface area contributed by atoms with Crippen molar-refractivity contribution in [2.75, 3.05) is 13.2 Å². The summed E-state index contributed by atoms with van der Waals surface area (Å²) in [5.74, 6) is 0.268. The molecule has 0 radical (unpaired) electrons. The molecule has 0 spiro atoms. The summed E-state index contributed by atoms with van der Waals surface area (Å²) in [6.45, 7) is 6.83. The smallest absolute Gasteiger partial charge is 0.257 e. The summed E-state index contributed by atoms with van der Waals surface area (Å²) < 4.78 is 5.35. The Balaban J connectivity index is 2.45. The molecule has 0 saturated carbocycles. The Labute approximate surface area is 114 Å². The van der Waals surface area contributed by atoms with Crippen LogP contribution in [-0.4, -0.2) is 19.1 Å². The summed E-state index contributed by atoms with van der Waals surface area (Å²) in [5, 5.41) is 11.7. The minimum atomic E-state index is -0.172. The van der Waals surface area contributed by atoms with E-state index in [1.54, 1.807) is 24.3 Å². The van der Waals surface area contributed by atoms with Gasteiger partial charge in [-0.25, -0.2) is 0 Å². The second-order valence-corrected chi connectivity index (χ2v) is 5.19. The molecule has 1 amide bonds. The molecule has 0 aliphatic heterocycles. The zero-order chi connectivity index (χ0) is 14.3. The summed E-state index contributed by atoms with van der Waals surface area (Å²) in [6.07, 6.45) is 0.991. The first-order chi connectivity index (χ1) is 8.98. The molecule has 0 bridgehead atoms. The highest BCUT2D eigenvalue weighted by molar-refractivity contribution is 5.77. The molecule has 1 aromatic rings. The van der Waals surface area contributed by atoms with Crippen LogP contribution in [0.2, 0.25) is 0 Å². The molecular formula is C15H20N2O2. The Hall–Kier alpha value is -2.02. The number of nitrogens with zero attached hydrogens (tertiary/aromatic N) is 1. The standard InChI is InChI=1S/C15H20N2O2/c1-4-15(2,3)11-17-14(18)10-19-13-8-6-5-7-12(13)9-16/h5-8H,4,10-11H2,1-3H3,(H,17,18). The van der Waals surface area contributed by atoms with Gasteiger partial charge in [-0.05, 0) is 24.0 Å². The summed E-state index contributed by atoms with van der Waals surface area (Å²) in [7, 11) is 0. The van der Waals surface area contributed by atoms with E-state index in [1.807, 2.05) is 6.07 Å². The Kier molecular flexibility index (Phi) is 5.37. The average molecular weight is 260 g/mol. The molecule has 4 heteroatoms. The highest BCUT2D eigenvalue weighted by Gasteiger charge is 2.16. The summed E-state index contributed by atoms with van der Waals surface area (Å²) in [6, 6.07) is 8.90. The Bertz CT molecular complexity index is 475. The van der Waals surface area contributed by atoms with E-state index in [2.05, 4.69) is 26.1 Å². The predicted octanol–water partition coefficient (Wildman–Crippen LogP) is 2.49. The second kappa shape index (κ2) is 6.79. The van der Waals surface area contributed by atoms with E-state index in [0.717, 1.165) is 6.42 Å². The number of benzene rings is 1. The summed E-state index contributed by atoms with van der Waals surface area (Å²) >= 11 is 0. The first-order valence-electron chi connectivity index (χ1n) is 6.37. The lowest BCUT2D eigenvalue weighted by atomic mass is 9.90. The first-order valence-corrected chi connectivity index (χ1v) is 6.37. The van der Waals surface area contributed by atoms with Crippen LogP contribution in [0.5, 0.6) is 5.75 Å². The van der Waals surface area contributed by atoms with Gasteiger partial charge in [-0.2, -0.15) is 5.26 Å². The van der Waals surface area contributed by atoms with Crippen LogP contribution in [0.4, 0.5) is 0 Å². The molecule has 1 N–H and O–H groups in total. The quantitative estimate of drug-likeness (QED) is 0.854. The van der Waals surface area contributed by atoms with Crippen LogP contribution in [0.15, 0.2) is 24.3 Å². The van der Waals surface area contributed by atoms with E-state index in [1.165, 1.54) is 0 Å². The maximum absolute atomic E-state index is 11.7. The number of amides is 1. The van der Waals surface area contributed by atoms with Crippen LogP contribution in [0, 0.1) is 16.7 Å². The van der Waals surface area contributed by atoms with E-state index < -0.39 is 0 Å². The molecule has 102 valence electrons. The molecular weight excluding hydrogens is 240 g/mol. The van der Waals surface area contributed by atoms with Gasteiger partial charge in [-0.3, -0.25) is 4.79 Å². The number of nitrogens with one attached hydrogen (secondary N) is 1. The van der Waals surface area contributed by atoms with Crippen molar-refractivity contribution in [3.05, 3.63) is 29.8 Å². The van der Waals surface area contributed by atoms with E-state index >= 15 is 0 Å². The van der Waals surface area contributed by atoms with Gasteiger partial charge in [0, 0.05) is 6.54 Å². The van der Waals surface area contributed by atoms with E-state index in [4.69, 9.17) is 10.00 Å². The molecule has 1 aromatic carbocycles. The van der Waals surface area contributed by atoms with E-state index in [-0.39, 0.29) is 17.9 Å². The van der Waals surface area contributed by atoms with Crippen molar-refractivity contribution in [1.82, 2.24) is 5.32 Å². The Morgan fingerprint density at radius 3 is 2.74 bits per heavy atom. The van der Waals surface area contributed by atoms with Crippen LogP contribution >= 0.6 is 0 Å². The number of rotatable bonds is 6. The number of carbonyl (C=O) groups excluding carboxylic acids is 1. The number of carbonyl (C=O) groups is 1. The maximum Gasteiger partial charge on any atom is 0.257 e. The third-order valence-corrected chi connectivity index (χ3v) is 3.09. The van der Waals surface area contributed by atoms with Crippen LogP contribution in [0.1, 0.15) is 32.8 Å². The van der Waals surface area contributed by atoms with Crippen molar-refractivity contribution in [3.8, 4) is 11.8 Å². The van der Waals surface area contributed by atoms with Gasteiger partial charge in [-0.15, -0.1) is 0 Å². The molecule has 0 aliphatic carbocycles. The molecule has 0 saturated heterocycles. The third kappa shape index (κ3) is 5.01. The zero-order valence-electron chi connectivity index (χ0n) is 11.7. The molecule has 4 nitrogen and oxygen atoms in total. The van der Waals surface area contributed by atoms with E-state index in [9.17, 15) is 4.79 Å². The average Bonchev–Trinajstić information content (AvgIpc) is 2.43. The lowest BCUT2D eigenvalue weighted by molar-refractivity contribution is -0.123. The molecule has 0 aliphatic rings. The highest BCUT2D eigenvalue weighted by Crippen LogP contribution is 2.18. The lowest BCUT2D eigenvalue weighted by Crippen LogP contribution is -2.36. The van der Waals surface area contributed by atoms with Crippen molar-refractivity contribution < 1.29 is 9.53 Å². The van der Waals surface area contributed by atoms with Crippen molar-refractivity contribution in [1.29, 1.82) is 5.26 Å². The SMILES string of the molecule is CCC(C)(C)CNC(=O)COc1ccccc1C#N. The molecule has 0 fully saturated rings. The van der Waals surface area contributed by atoms with Crippen LogP contribution in [0.3, 0.4) is 0 Å². The van der Waals surface area contributed by atoms with Gasteiger partial charge in [-0.1, -0.05) is 32.9 Å². The monoisotopic (exact) mass is 260 g/mol. The Morgan fingerprint density at radius 1 is 1.42 bits per heavy atom. The number of nitriles is 1. The van der Waals surface area contributed by atoms with Gasteiger partial charge in [0.1, 0.15) is 11.8 Å². The number of hydrogen-bond acceptors (Lipinski definition) is 3. The summed E-state index contributed by atoms with van der Waals surface area (Å²) in [5.41, 5.74) is 0.518. The molecule has 19 heavy (non-hydrogen) atoms. The van der Waals surface area contributed by atoms with Crippen LogP contribution < -0.4 is 10.1 Å². The normalized spacial score (nSPS) is 10.6. The number of para-hydroxylation sites is 1. The fourth-order valence-electron chi connectivity index (χ4n) is 1.34. The number of ether oxygens (including phenoxy) is 1. The van der Waals surface area contributed by atoms with Crippen LogP contribution in [-0.2, 0) is 4.79 Å². The minimum Gasteiger partial charge on any atom is -0.482 e. The largest absolute Gasteiger partial charge is 0.482 e. The maximum atomic E-state index is 11.7. The van der Waals surface area contributed by atoms with Gasteiger partial charge in [0.15, 0.2) is 6.61 Å². The molecule has 0 aromatic heterocycles. The highest BCUT2D eigenvalue weighted by atomic mass is 16.5. The third-order valence-electron chi connectivity index (χ3n) is 3.09. The lowest BCUT2D eigenvalue weighted by Gasteiger charge is -2.22. The van der Waals surface area contributed by atoms with Crippen molar-refractivity contribution in [3.63, 3.8) is 0 Å².